The number of amides is 1. The third-order valence-corrected chi connectivity index (χ3v) is 2.71. The summed E-state index contributed by atoms with van der Waals surface area (Å²) < 4.78 is 1.65. The van der Waals surface area contributed by atoms with Crippen molar-refractivity contribution in [3.8, 4) is 0 Å². The molecule has 1 aromatic heterocycles. The Bertz CT molecular complexity index is 547. The second-order valence-electron chi connectivity index (χ2n) is 4.18. The molecule has 1 unspecified atom stereocenters. The Morgan fingerprint density at radius 2 is 2.06 bits per heavy atom. The lowest BCUT2D eigenvalue weighted by molar-refractivity contribution is -0.117. The molecule has 0 saturated carbocycles. The van der Waals surface area contributed by atoms with Crippen molar-refractivity contribution >= 4 is 11.6 Å². The van der Waals surface area contributed by atoms with Crippen LogP contribution in [0.3, 0.4) is 0 Å². The normalized spacial score (nSPS) is 12.2. The molecule has 5 heteroatoms. The molecular formula is C13H16N4O. The predicted molar refractivity (Wildman–Crippen MR) is 69.9 cm³/mol. The third-order valence-electron chi connectivity index (χ3n) is 2.71. The van der Waals surface area contributed by atoms with Gasteiger partial charge in [0.1, 0.15) is 6.04 Å². The van der Waals surface area contributed by atoms with E-state index in [2.05, 4.69) is 10.4 Å². The van der Waals surface area contributed by atoms with Gasteiger partial charge in [0.15, 0.2) is 0 Å². The first-order chi connectivity index (χ1) is 8.58. The maximum Gasteiger partial charge on any atom is 0.245 e. The van der Waals surface area contributed by atoms with Gasteiger partial charge >= 0.3 is 0 Å². The number of nitrogens with zero attached hydrogens (tertiary/aromatic N) is 2. The molecule has 1 amide bonds. The molecule has 1 aromatic carbocycles. The molecule has 0 radical (unpaired) electrons. The van der Waals surface area contributed by atoms with Gasteiger partial charge < -0.3 is 11.1 Å². The zero-order valence-electron chi connectivity index (χ0n) is 10.4. The molecule has 18 heavy (non-hydrogen) atoms. The van der Waals surface area contributed by atoms with E-state index in [0.717, 1.165) is 11.3 Å². The smallest absolute Gasteiger partial charge is 0.245 e. The van der Waals surface area contributed by atoms with E-state index in [-0.39, 0.29) is 5.91 Å². The molecule has 94 valence electrons. The van der Waals surface area contributed by atoms with E-state index in [9.17, 15) is 4.79 Å². The molecule has 3 N–H and O–H groups in total. The van der Waals surface area contributed by atoms with E-state index in [1.807, 2.05) is 37.3 Å². The van der Waals surface area contributed by atoms with Crippen molar-refractivity contribution in [3.05, 3.63) is 47.8 Å². The van der Waals surface area contributed by atoms with E-state index in [0.29, 0.717) is 5.69 Å². The summed E-state index contributed by atoms with van der Waals surface area (Å²) >= 11 is 0. The van der Waals surface area contributed by atoms with Crippen molar-refractivity contribution in [2.45, 2.75) is 13.0 Å². The fraction of sp³-hybridized carbons (Fsp3) is 0.231. The SMILES string of the molecule is Cc1nn(C)cc1NC(=O)C(N)c1ccccc1. The topological polar surface area (TPSA) is 72.9 Å². The molecule has 0 aliphatic rings. The van der Waals surface area contributed by atoms with Crippen LogP contribution < -0.4 is 11.1 Å². The lowest BCUT2D eigenvalue weighted by atomic mass is 10.1. The van der Waals surface area contributed by atoms with Crippen LogP contribution in [0, 0.1) is 6.92 Å². The van der Waals surface area contributed by atoms with Gasteiger partial charge in [-0.3, -0.25) is 9.48 Å². The number of hydrogen-bond donors (Lipinski definition) is 2. The summed E-state index contributed by atoms with van der Waals surface area (Å²) in [4.78, 5) is 12.0. The van der Waals surface area contributed by atoms with Crippen LogP contribution in [-0.2, 0) is 11.8 Å². The van der Waals surface area contributed by atoms with Gasteiger partial charge in [0.05, 0.1) is 11.4 Å². The van der Waals surface area contributed by atoms with Gasteiger partial charge in [-0.05, 0) is 12.5 Å². The lowest BCUT2D eigenvalue weighted by Crippen LogP contribution is -2.27. The molecule has 5 nitrogen and oxygen atoms in total. The predicted octanol–water partition coefficient (Wildman–Crippen LogP) is 1.37. The van der Waals surface area contributed by atoms with Crippen LogP contribution in [0.2, 0.25) is 0 Å². The molecule has 0 spiro atoms. The largest absolute Gasteiger partial charge is 0.322 e. The van der Waals surface area contributed by atoms with Gasteiger partial charge in [0, 0.05) is 13.2 Å². The van der Waals surface area contributed by atoms with Crippen LogP contribution in [-0.4, -0.2) is 15.7 Å². The van der Waals surface area contributed by atoms with Gasteiger partial charge in [0.25, 0.3) is 0 Å². The lowest BCUT2D eigenvalue weighted by Gasteiger charge is -2.11. The quantitative estimate of drug-likeness (QED) is 0.856. The summed E-state index contributed by atoms with van der Waals surface area (Å²) in [6.07, 6.45) is 1.75. The summed E-state index contributed by atoms with van der Waals surface area (Å²) in [5.74, 6) is -0.239. The molecule has 0 bridgehead atoms. The first kappa shape index (κ1) is 12.3. The van der Waals surface area contributed by atoms with Gasteiger partial charge in [-0.15, -0.1) is 0 Å². The zero-order valence-corrected chi connectivity index (χ0v) is 10.4. The second-order valence-corrected chi connectivity index (χ2v) is 4.18. The van der Waals surface area contributed by atoms with Crippen molar-refractivity contribution in [2.75, 3.05) is 5.32 Å². The van der Waals surface area contributed by atoms with E-state index in [1.54, 1.807) is 17.9 Å². The highest BCUT2D eigenvalue weighted by molar-refractivity contribution is 5.95. The Labute approximate surface area is 106 Å². The Kier molecular flexibility index (Phi) is 3.43. The Morgan fingerprint density at radius 1 is 1.39 bits per heavy atom. The standard InChI is InChI=1S/C13H16N4O/c1-9-11(8-17(2)16-9)15-13(18)12(14)10-6-4-3-5-7-10/h3-8,12H,14H2,1-2H3,(H,15,18). The average Bonchev–Trinajstić information content (AvgIpc) is 2.68. The van der Waals surface area contributed by atoms with Crippen LogP contribution in [0.1, 0.15) is 17.3 Å². The average molecular weight is 244 g/mol. The van der Waals surface area contributed by atoms with Crippen molar-refractivity contribution in [3.63, 3.8) is 0 Å². The Balaban J connectivity index is 2.11. The van der Waals surface area contributed by atoms with Gasteiger partial charge in [-0.1, -0.05) is 30.3 Å². The number of anilines is 1. The third kappa shape index (κ3) is 2.57. The molecule has 0 aliphatic heterocycles. The van der Waals surface area contributed by atoms with Gasteiger partial charge in [-0.25, -0.2) is 0 Å². The zero-order chi connectivity index (χ0) is 13.1. The number of carbonyl (C=O) groups excluding carboxylic acids is 1. The molecular weight excluding hydrogens is 228 g/mol. The van der Waals surface area contributed by atoms with E-state index in [4.69, 9.17) is 5.73 Å². The Morgan fingerprint density at radius 3 is 2.61 bits per heavy atom. The first-order valence-electron chi connectivity index (χ1n) is 5.69. The van der Waals surface area contributed by atoms with Crippen LogP contribution in [0.5, 0.6) is 0 Å². The minimum absolute atomic E-state index is 0.239. The maximum absolute atomic E-state index is 12.0. The van der Waals surface area contributed by atoms with Gasteiger partial charge in [-0.2, -0.15) is 5.10 Å². The number of aryl methyl sites for hydroxylation is 2. The molecule has 0 aliphatic carbocycles. The van der Waals surface area contributed by atoms with Crippen molar-refractivity contribution < 1.29 is 4.79 Å². The van der Waals surface area contributed by atoms with Crippen LogP contribution in [0.25, 0.3) is 0 Å². The minimum Gasteiger partial charge on any atom is -0.322 e. The molecule has 2 rings (SSSR count). The van der Waals surface area contributed by atoms with Crippen LogP contribution >= 0.6 is 0 Å². The molecule has 1 atom stereocenters. The number of benzene rings is 1. The molecule has 0 fully saturated rings. The number of nitrogens with one attached hydrogen (secondary N) is 1. The van der Waals surface area contributed by atoms with Crippen molar-refractivity contribution in [1.82, 2.24) is 9.78 Å². The number of carbonyl (C=O) groups is 1. The highest BCUT2D eigenvalue weighted by atomic mass is 16.2. The highest BCUT2D eigenvalue weighted by Gasteiger charge is 2.17. The highest BCUT2D eigenvalue weighted by Crippen LogP contribution is 2.15. The monoisotopic (exact) mass is 244 g/mol. The number of aromatic nitrogens is 2. The van der Waals surface area contributed by atoms with Crippen molar-refractivity contribution in [2.24, 2.45) is 12.8 Å². The van der Waals surface area contributed by atoms with Gasteiger partial charge in [0.2, 0.25) is 5.91 Å². The van der Waals surface area contributed by atoms with E-state index in [1.165, 1.54) is 0 Å². The molecule has 2 aromatic rings. The van der Waals surface area contributed by atoms with Crippen LogP contribution in [0.4, 0.5) is 5.69 Å². The summed E-state index contributed by atoms with van der Waals surface area (Å²) in [6.45, 7) is 1.84. The number of nitrogens with two attached hydrogens (primary N) is 1. The summed E-state index contributed by atoms with van der Waals surface area (Å²) in [5.41, 5.74) is 8.15. The van der Waals surface area contributed by atoms with Crippen molar-refractivity contribution in [1.29, 1.82) is 0 Å². The second kappa shape index (κ2) is 5.01. The van der Waals surface area contributed by atoms with E-state index >= 15 is 0 Å². The summed E-state index contributed by atoms with van der Waals surface area (Å²) in [5, 5.41) is 6.94. The first-order valence-corrected chi connectivity index (χ1v) is 5.69. The number of hydrogen-bond acceptors (Lipinski definition) is 3. The fourth-order valence-corrected chi connectivity index (χ4v) is 1.74. The minimum atomic E-state index is -0.675. The number of rotatable bonds is 3. The summed E-state index contributed by atoms with van der Waals surface area (Å²) in [6, 6.07) is 8.60. The fourth-order valence-electron chi connectivity index (χ4n) is 1.74. The molecule has 0 saturated heterocycles. The molecule has 1 heterocycles. The van der Waals surface area contributed by atoms with Crippen LogP contribution in [0.15, 0.2) is 36.5 Å². The summed E-state index contributed by atoms with van der Waals surface area (Å²) in [7, 11) is 1.81. The van der Waals surface area contributed by atoms with E-state index < -0.39 is 6.04 Å². The Hall–Kier alpha value is -2.14. The maximum atomic E-state index is 12.0.